The fourth-order valence-corrected chi connectivity index (χ4v) is 4.24. The second kappa shape index (κ2) is 7.02. The number of carboxylic acid groups (broad SMARTS) is 1. The van der Waals surface area contributed by atoms with Crippen LogP contribution in [0, 0.1) is 5.41 Å². The van der Waals surface area contributed by atoms with E-state index >= 15 is 0 Å². The second-order valence-corrected chi connectivity index (χ2v) is 8.59. The summed E-state index contributed by atoms with van der Waals surface area (Å²) < 4.78 is 3.57. The van der Waals surface area contributed by atoms with Crippen LogP contribution in [0.1, 0.15) is 39.7 Å². The topological polar surface area (TPSA) is 114 Å². The molecular weight excluding hydrogens is 372 g/mol. The summed E-state index contributed by atoms with van der Waals surface area (Å²) in [4.78, 5) is 22.5. The summed E-state index contributed by atoms with van der Waals surface area (Å²) >= 11 is 0. The van der Waals surface area contributed by atoms with Crippen LogP contribution in [-0.4, -0.2) is 58.2 Å². The van der Waals surface area contributed by atoms with Gasteiger partial charge in [0.05, 0.1) is 35.6 Å². The number of carbonyl (C=O) groups is 1. The van der Waals surface area contributed by atoms with Crippen molar-refractivity contribution in [2.75, 3.05) is 11.9 Å². The molecule has 0 saturated carbocycles. The van der Waals surface area contributed by atoms with Crippen molar-refractivity contribution in [2.45, 2.75) is 45.7 Å². The maximum Gasteiger partial charge on any atom is 0.407 e. The van der Waals surface area contributed by atoms with Crippen molar-refractivity contribution in [1.82, 2.24) is 34.4 Å². The van der Waals surface area contributed by atoms with Gasteiger partial charge in [-0.2, -0.15) is 15.2 Å². The van der Waals surface area contributed by atoms with Crippen LogP contribution < -0.4 is 5.32 Å². The van der Waals surface area contributed by atoms with Crippen molar-refractivity contribution in [3.05, 3.63) is 24.8 Å². The lowest BCUT2D eigenvalue weighted by atomic mass is 9.77. The smallest absolute Gasteiger partial charge is 0.407 e. The molecule has 154 valence electrons. The van der Waals surface area contributed by atoms with Crippen LogP contribution in [0.3, 0.4) is 0 Å². The number of nitrogens with zero attached hydrogens (tertiary/aromatic N) is 7. The first kappa shape index (κ1) is 19.2. The quantitative estimate of drug-likeness (QED) is 0.697. The Morgan fingerprint density at radius 1 is 1.24 bits per heavy atom. The fourth-order valence-electron chi connectivity index (χ4n) is 4.24. The van der Waals surface area contributed by atoms with Gasteiger partial charge in [-0.1, -0.05) is 20.8 Å². The summed E-state index contributed by atoms with van der Waals surface area (Å²) in [5.41, 5.74) is 1.24. The molecule has 3 aromatic heterocycles. The van der Waals surface area contributed by atoms with Crippen molar-refractivity contribution < 1.29 is 9.90 Å². The molecule has 29 heavy (non-hydrogen) atoms. The average Bonchev–Trinajstić information content (AvgIpc) is 3.26. The van der Waals surface area contributed by atoms with Crippen LogP contribution in [0.25, 0.3) is 11.0 Å². The van der Waals surface area contributed by atoms with Gasteiger partial charge in [0.25, 0.3) is 0 Å². The van der Waals surface area contributed by atoms with Crippen LogP contribution >= 0.6 is 0 Å². The molecule has 0 spiro atoms. The van der Waals surface area contributed by atoms with Crippen LogP contribution in [0.4, 0.5) is 16.4 Å². The van der Waals surface area contributed by atoms with E-state index < -0.39 is 6.09 Å². The summed E-state index contributed by atoms with van der Waals surface area (Å²) in [5, 5.41) is 22.5. The predicted octanol–water partition coefficient (Wildman–Crippen LogP) is 3.03. The summed E-state index contributed by atoms with van der Waals surface area (Å²) in [7, 11) is 1.84. The number of anilines is 2. The molecule has 0 radical (unpaired) electrons. The summed E-state index contributed by atoms with van der Waals surface area (Å²) in [6.45, 7) is 6.75. The standard InChI is InChI=1S/C19H26N8O2/c1-19(2,3)15-14(6-5-7-26(15)18(28)29)27-16-12(9-22-27)8-20-17(24-16)23-13-10-21-25(4)11-13/h8-11,14-15H,5-7H2,1-4H3,(H,28,29)(H,20,23,24). The van der Waals surface area contributed by atoms with Crippen molar-refractivity contribution in [2.24, 2.45) is 12.5 Å². The molecule has 1 fully saturated rings. The van der Waals surface area contributed by atoms with E-state index in [2.05, 4.69) is 46.3 Å². The zero-order chi connectivity index (χ0) is 20.8. The van der Waals surface area contributed by atoms with Crippen LogP contribution in [-0.2, 0) is 7.05 Å². The lowest BCUT2D eigenvalue weighted by molar-refractivity contribution is 0.0248. The van der Waals surface area contributed by atoms with E-state index in [-0.39, 0.29) is 17.5 Å². The van der Waals surface area contributed by atoms with E-state index in [1.165, 1.54) is 0 Å². The van der Waals surface area contributed by atoms with E-state index in [1.807, 2.05) is 17.9 Å². The van der Waals surface area contributed by atoms with E-state index in [0.29, 0.717) is 18.1 Å². The minimum atomic E-state index is -0.889. The van der Waals surface area contributed by atoms with Gasteiger partial charge >= 0.3 is 6.09 Å². The highest BCUT2D eigenvalue weighted by Crippen LogP contribution is 2.39. The Labute approximate surface area is 168 Å². The molecule has 2 atom stereocenters. The number of likely N-dealkylation sites (tertiary alicyclic amines) is 1. The van der Waals surface area contributed by atoms with Gasteiger partial charge in [-0.3, -0.25) is 4.68 Å². The predicted molar refractivity (Wildman–Crippen MR) is 108 cm³/mol. The van der Waals surface area contributed by atoms with Crippen molar-refractivity contribution in [3.8, 4) is 0 Å². The number of aryl methyl sites for hydroxylation is 1. The first-order valence-corrected chi connectivity index (χ1v) is 9.69. The zero-order valence-corrected chi connectivity index (χ0v) is 17.1. The van der Waals surface area contributed by atoms with E-state index in [1.54, 1.807) is 28.2 Å². The van der Waals surface area contributed by atoms with Crippen LogP contribution in [0.5, 0.6) is 0 Å². The normalized spacial score (nSPS) is 20.2. The number of fused-ring (bicyclic) bond motifs is 1. The molecule has 0 aliphatic carbocycles. The summed E-state index contributed by atoms with van der Waals surface area (Å²) in [5.74, 6) is 0.449. The molecule has 1 amide bonds. The third-order valence-corrected chi connectivity index (χ3v) is 5.34. The highest BCUT2D eigenvalue weighted by atomic mass is 16.4. The third-order valence-electron chi connectivity index (χ3n) is 5.34. The Balaban J connectivity index is 1.73. The average molecular weight is 398 g/mol. The molecule has 10 nitrogen and oxygen atoms in total. The van der Waals surface area contributed by atoms with Gasteiger partial charge in [0.1, 0.15) is 0 Å². The fraction of sp³-hybridized carbons (Fsp3) is 0.526. The number of piperidine rings is 1. The zero-order valence-electron chi connectivity index (χ0n) is 17.1. The van der Waals surface area contributed by atoms with Gasteiger partial charge in [0.2, 0.25) is 5.95 Å². The minimum Gasteiger partial charge on any atom is -0.465 e. The number of hydrogen-bond donors (Lipinski definition) is 2. The first-order chi connectivity index (χ1) is 13.7. The number of hydrogen-bond acceptors (Lipinski definition) is 6. The highest BCUT2D eigenvalue weighted by molar-refractivity contribution is 5.75. The summed E-state index contributed by atoms with van der Waals surface area (Å²) in [6, 6.07) is -0.306. The second-order valence-electron chi connectivity index (χ2n) is 8.59. The molecule has 4 heterocycles. The first-order valence-electron chi connectivity index (χ1n) is 9.69. The molecule has 3 aromatic rings. The number of rotatable bonds is 3. The maximum atomic E-state index is 11.9. The van der Waals surface area contributed by atoms with E-state index in [4.69, 9.17) is 0 Å². The van der Waals surface area contributed by atoms with Crippen molar-refractivity contribution >= 4 is 28.8 Å². The molecular formula is C19H26N8O2. The monoisotopic (exact) mass is 398 g/mol. The Morgan fingerprint density at radius 3 is 2.69 bits per heavy atom. The Bertz CT molecular complexity index is 1030. The van der Waals surface area contributed by atoms with Gasteiger partial charge in [0, 0.05) is 26.0 Å². The minimum absolute atomic E-state index is 0.0986. The molecule has 1 aliphatic heterocycles. The molecule has 10 heteroatoms. The van der Waals surface area contributed by atoms with Crippen molar-refractivity contribution in [3.63, 3.8) is 0 Å². The number of aromatic nitrogens is 6. The Hall–Kier alpha value is -3.17. The Kier molecular flexibility index (Phi) is 4.64. The summed E-state index contributed by atoms with van der Waals surface area (Å²) in [6.07, 6.45) is 7.75. The molecule has 2 unspecified atom stereocenters. The van der Waals surface area contributed by atoms with Gasteiger partial charge < -0.3 is 15.3 Å². The molecule has 0 aromatic carbocycles. The van der Waals surface area contributed by atoms with Gasteiger partial charge in [-0.15, -0.1) is 0 Å². The van der Waals surface area contributed by atoms with Gasteiger partial charge in [-0.05, 0) is 18.3 Å². The largest absolute Gasteiger partial charge is 0.465 e. The lowest BCUT2D eigenvalue weighted by Crippen LogP contribution is -2.54. The number of nitrogens with one attached hydrogen (secondary N) is 1. The van der Waals surface area contributed by atoms with Crippen LogP contribution in [0.2, 0.25) is 0 Å². The lowest BCUT2D eigenvalue weighted by Gasteiger charge is -2.46. The number of amides is 1. The highest BCUT2D eigenvalue weighted by Gasteiger charge is 2.43. The molecule has 1 saturated heterocycles. The van der Waals surface area contributed by atoms with E-state index in [0.717, 1.165) is 23.9 Å². The molecule has 0 bridgehead atoms. The molecule has 4 rings (SSSR count). The third kappa shape index (κ3) is 3.62. The van der Waals surface area contributed by atoms with Crippen LogP contribution in [0.15, 0.2) is 24.8 Å². The SMILES string of the molecule is Cn1cc(Nc2ncc3cnn(C4CCCN(C(=O)O)C4C(C)(C)C)c3n2)cn1. The van der Waals surface area contributed by atoms with Gasteiger partial charge in [0.15, 0.2) is 5.65 Å². The van der Waals surface area contributed by atoms with Gasteiger partial charge in [-0.25, -0.2) is 14.5 Å². The maximum absolute atomic E-state index is 11.9. The van der Waals surface area contributed by atoms with E-state index in [9.17, 15) is 9.90 Å². The molecule has 2 N–H and O–H groups in total. The Morgan fingerprint density at radius 2 is 2.03 bits per heavy atom. The van der Waals surface area contributed by atoms with Crippen molar-refractivity contribution in [1.29, 1.82) is 0 Å². The molecule has 1 aliphatic rings.